The maximum absolute atomic E-state index is 11.5. The van der Waals surface area contributed by atoms with Crippen LogP contribution in [0.2, 0.25) is 0 Å². The highest BCUT2D eigenvalue weighted by Gasteiger charge is 2.37. The SMILES string of the molecule is CC(=O)O[C@@H]1C/C=C\C[C@@H](O)C[C@H]2C(C)=CC[C@H](C(C)C)[C@H]2C1. The molecule has 0 aromatic carbocycles. The molecule has 2 aliphatic rings. The molecule has 130 valence electrons. The minimum Gasteiger partial charge on any atom is -0.462 e. The van der Waals surface area contributed by atoms with Gasteiger partial charge >= 0.3 is 5.97 Å². The van der Waals surface area contributed by atoms with Crippen LogP contribution in [0.15, 0.2) is 23.8 Å². The number of carbonyl (C=O) groups excluding carboxylic acids is 1. The molecule has 0 heterocycles. The summed E-state index contributed by atoms with van der Waals surface area (Å²) in [6, 6.07) is 0. The minimum atomic E-state index is -0.279. The Morgan fingerprint density at radius 2 is 1.91 bits per heavy atom. The molecule has 0 unspecified atom stereocenters. The number of allylic oxidation sites excluding steroid dienone is 2. The fourth-order valence-corrected chi connectivity index (χ4v) is 4.37. The monoisotopic (exact) mass is 320 g/mol. The van der Waals surface area contributed by atoms with Crippen molar-refractivity contribution in [2.45, 2.75) is 72.0 Å². The van der Waals surface area contributed by atoms with Gasteiger partial charge in [0.25, 0.3) is 0 Å². The van der Waals surface area contributed by atoms with E-state index in [1.54, 1.807) is 0 Å². The van der Waals surface area contributed by atoms with Gasteiger partial charge in [0, 0.05) is 13.3 Å². The number of fused-ring (bicyclic) bond motifs is 1. The number of hydrogen-bond donors (Lipinski definition) is 1. The lowest BCUT2D eigenvalue weighted by atomic mass is 9.64. The van der Waals surface area contributed by atoms with Gasteiger partial charge in [-0.1, -0.05) is 37.6 Å². The Balaban J connectivity index is 2.29. The number of carbonyl (C=O) groups is 1. The molecule has 1 N–H and O–H groups in total. The van der Waals surface area contributed by atoms with Crippen LogP contribution in [0.1, 0.15) is 59.8 Å². The predicted octanol–water partition coefficient (Wildman–Crippen LogP) is 4.26. The summed E-state index contributed by atoms with van der Waals surface area (Å²) >= 11 is 0. The maximum Gasteiger partial charge on any atom is 0.302 e. The molecule has 0 amide bonds. The van der Waals surface area contributed by atoms with E-state index in [1.807, 2.05) is 6.08 Å². The van der Waals surface area contributed by atoms with Crippen molar-refractivity contribution in [1.29, 1.82) is 0 Å². The second-order valence-electron chi connectivity index (χ2n) is 7.66. The zero-order chi connectivity index (χ0) is 17.0. The molecule has 0 saturated carbocycles. The van der Waals surface area contributed by atoms with Gasteiger partial charge in [-0.25, -0.2) is 0 Å². The zero-order valence-electron chi connectivity index (χ0n) is 15.0. The van der Waals surface area contributed by atoms with Crippen LogP contribution in [-0.2, 0) is 9.53 Å². The highest BCUT2D eigenvalue weighted by atomic mass is 16.5. The average molecular weight is 320 g/mol. The van der Waals surface area contributed by atoms with Crippen LogP contribution in [0.25, 0.3) is 0 Å². The van der Waals surface area contributed by atoms with Crippen molar-refractivity contribution in [3.05, 3.63) is 23.8 Å². The van der Waals surface area contributed by atoms with Crippen molar-refractivity contribution in [3.8, 4) is 0 Å². The normalized spacial score (nSPS) is 36.8. The highest BCUT2D eigenvalue weighted by molar-refractivity contribution is 5.66. The molecular formula is C20H32O3. The van der Waals surface area contributed by atoms with Crippen molar-refractivity contribution in [2.24, 2.45) is 23.7 Å². The summed E-state index contributed by atoms with van der Waals surface area (Å²) < 4.78 is 5.59. The molecule has 0 bridgehead atoms. The van der Waals surface area contributed by atoms with Crippen LogP contribution in [0.5, 0.6) is 0 Å². The molecule has 0 saturated heterocycles. The van der Waals surface area contributed by atoms with Crippen LogP contribution in [0, 0.1) is 23.7 Å². The summed E-state index contributed by atoms with van der Waals surface area (Å²) in [7, 11) is 0. The van der Waals surface area contributed by atoms with E-state index in [4.69, 9.17) is 4.74 Å². The van der Waals surface area contributed by atoms with Crippen LogP contribution < -0.4 is 0 Å². The molecule has 0 spiro atoms. The van der Waals surface area contributed by atoms with Crippen molar-refractivity contribution in [2.75, 3.05) is 0 Å². The van der Waals surface area contributed by atoms with Crippen LogP contribution in [0.3, 0.4) is 0 Å². The van der Waals surface area contributed by atoms with E-state index in [-0.39, 0.29) is 18.2 Å². The molecule has 0 fully saturated rings. The molecular weight excluding hydrogens is 288 g/mol. The first-order chi connectivity index (χ1) is 10.9. The first-order valence-electron chi connectivity index (χ1n) is 9.05. The average Bonchev–Trinajstić information content (AvgIpc) is 2.46. The zero-order valence-corrected chi connectivity index (χ0v) is 15.0. The Morgan fingerprint density at radius 3 is 2.57 bits per heavy atom. The van der Waals surface area contributed by atoms with E-state index >= 15 is 0 Å². The second-order valence-corrected chi connectivity index (χ2v) is 7.66. The van der Waals surface area contributed by atoms with Gasteiger partial charge in [0.2, 0.25) is 0 Å². The fourth-order valence-electron chi connectivity index (χ4n) is 4.37. The standard InChI is InChI=1S/C20H32O3/c1-13(2)18-10-9-14(3)19-11-16(22)7-5-6-8-17(12-20(18)19)23-15(4)21/h5-6,9,13,16-20,22H,7-8,10-12H2,1-4H3/b6-5-/t16-,17-,18-,19+,20-/m1/s1. The summed E-state index contributed by atoms with van der Waals surface area (Å²) in [6.45, 7) is 8.26. The number of ether oxygens (including phenoxy) is 1. The Hall–Kier alpha value is -1.09. The third kappa shape index (κ3) is 4.94. The molecule has 23 heavy (non-hydrogen) atoms. The predicted molar refractivity (Wildman–Crippen MR) is 92.9 cm³/mol. The van der Waals surface area contributed by atoms with E-state index < -0.39 is 0 Å². The first-order valence-corrected chi connectivity index (χ1v) is 9.05. The number of hydrogen-bond acceptors (Lipinski definition) is 3. The molecule has 2 rings (SSSR count). The first kappa shape index (κ1) is 18.3. The number of aliphatic hydroxyl groups is 1. The summed E-state index contributed by atoms with van der Waals surface area (Å²) in [5.74, 6) is 1.88. The molecule has 2 aliphatic carbocycles. The van der Waals surface area contributed by atoms with E-state index in [0.29, 0.717) is 30.1 Å². The van der Waals surface area contributed by atoms with E-state index in [2.05, 4.69) is 32.9 Å². The minimum absolute atomic E-state index is 0.0429. The molecule has 3 heteroatoms. The quantitative estimate of drug-likeness (QED) is 0.611. The number of esters is 1. The van der Waals surface area contributed by atoms with Crippen LogP contribution in [0.4, 0.5) is 0 Å². The summed E-state index contributed by atoms with van der Waals surface area (Å²) in [6.07, 6.45) is 10.4. The van der Waals surface area contributed by atoms with Crippen LogP contribution >= 0.6 is 0 Å². The smallest absolute Gasteiger partial charge is 0.302 e. The molecule has 3 nitrogen and oxygen atoms in total. The van der Waals surface area contributed by atoms with Gasteiger partial charge in [0.15, 0.2) is 0 Å². The Labute approximate surface area is 140 Å². The lowest BCUT2D eigenvalue weighted by Gasteiger charge is -2.42. The van der Waals surface area contributed by atoms with Gasteiger partial charge in [-0.05, 0) is 56.3 Å². The van der Waals surface area contributed by atoms with Gasteiger partial charge in [-0.15, -0.1) is 0 Å². The van der Waals surface area contributed by atoms with Gasteiger partial charge in [0.1, 0.15) is 6.10 Å². The Bertz CT molecular complexity index is 464. The van der Waals surface area contributed by atoms with Crippen molar-refractivity contribution < 1.29 is 14.6 Å². The third-order valence-corrected chi connectivity index (χ3v) is 5.59. The van der Waals surface area contributed by atoms with Crippen molar-refractivity contribution in [3.63, 3.8) is 0 Å². The fraction of sp³-hybridized carbons (Fsp3) is 0.750. The second kappa shape index (κ2) is 8.14. The van der Waals surface area contributed by atoms with Gasteiger partial charge in [-0.2, -0.15) is 0 Å². The number of rotatable bonds is 2. The van der Waals surface area contributed by atoms with Crippen molar-refractivity contribution in [1.82, 2.24) is 0 Å². The molecule has 0 aromatic rings. The highest BCUT2D eigenvalue weighted by Crippen LogP contribution is 2.44. The Morgan fingerprint density at radius 1 is 1.22 bits per heavy atom. The largest absolute Gasteiger partial charge is 0.462 e. The van der Waals surface area contributed by atoms with Gasteiger partial charge in [-0.3, -0.25) is 4.79 Å². The van der Waals surface area contributed by atoms with Crippen LogP contribution in [-0.4, -0.2) is 23.3 Å². The third-order valence-electron chi connectivity index (χ3n) is 5.59. The van der Waals surface area contributed by atoms with E-state index in [9.17, 15) is 9.90 Å². The lowest BCUT2D eigenvalue weighted by molar-refractivity contribution is -0.147. The lowest BCUT2D eigenvalue weighted by Crippen LogP contribution is -2.36. The summed E-state index contributed by atoms with van der Waals surface area (Å²) in [5, 5.41) is 10.4. The molecule has 0 radical (unpaired) electrons. The molecule has 5 atom stereocenters. The van der Waals surface area contributed by atoms with Crippen molar-refractivity contribution >= 4 is 5.97 Å². The topological polar surface area (TPSA) is 46.5 Å². The van der Waals surface area contributed by atoms with Gasteiger partial charge in [0.05, 0.1) is 6.10 Å². The van der Waals surface area contributed by atoms with E-state index in [1.165, 1.54) is 12.5 Å². The van der Waals surface area contributed by atoms with E-state index in [0.717, 1.165) is 25.7 Å². The Kier molecular flexibility index (Phi) is 6.46. The molecule has 0 aliphatic heterocycles. The van der Waals surface area contributed by atoms with Gasteiger partial charge < -0.3 is 9.84 Å². The summed E-state index contributed by atoms with van der Waals surface area (Å²) in [5.41, 5.74) is 1.40. The summed E-state index contributed by atoms with van der Waals surface area (Å²) in [4.78, 5) is 11.5. The molecule has 0 aromatic heterocycles. The number of aliphatic hydroxyl groups excluding tert-OH is 1. The maximum atomic E-state index is 11.5.